The van der Waals surface area contributed by atoms with Gasteiger partial charge in [-0.1, -0.05) is 146 Å². The van der Waals surface area contributed by atoms with Crippen molar-refractivity contribution in [2.45, 2.75) is 5.41 Å². The first-order chi connectivity index (χ1) is 27.3. The van der Waals surface area contributed by atoms with Crippen LogP contribution in [0, 0.1) is 0 Å². The molecular weight excluding hydrogens is 665 g/mol. The third-order valence-electron chi connectivity index (χ3n) is 11.6. The Labute approximate surface area is 321 Å². The molecule has 0 aromatic heterocycles. The van der Waals surface area contributed by atoms with E-state index in [0.717, 1.165) is 34.1 Å². The highest BCUT2D eigenvalue weighted by Gasteiger charge is 2.53. The summed E-state index contributed by atoms with van der Waals surface area (Å²) in [6.45, 7) is 0. The summed E-state index contributed by atoms with van der Waals surface area (Å²) in [6, 6.07) is 80.1. The Morgan fingerprint density at radius 2 is 0.691 bits per heavy atom. The van der Waals surface area contributed by atoms with E-state index in [2.05, 4.69) is 228 Å². The van der Waals surface area contributed by atoms with E-state index in [1.54, 1.807) is 0 Å². The van der Waals surface area contributed by atoms with Crippen LogP contribution in [0.3, 0.4) is 0 Å². The van der Waals surface area contributed by atoms with Gasteiger partial charge >= 0.3 is 0 Å². The third-order valence-corrected chi connectivity index (χ3v) is 11.6. The second kappa shape index (κ2) is 12.5. The van der Waals surface area contributed by atoms with E-state index >= 15 is 0 Å². The van der Waals surface area contributed by atoms with Gasteiger partial charge in [-0.3, -0.25) is 0 Å². The van der Waals surface area contributed by atoms with Crippen molar-refractivity contribution in [3.8, 4) is 22.3 Å². The van der Waals surface area contributed by atoms with Crippen molar-refractivity contribution in [1.82, 2.24) is 0 Å². The fourth-order valence-corrected chi connectivity index (χ4v) is 9.41. The minimum atomic E-state index is -0.568. The van der Waals surface area contributed by atoms with Crippen LogP contribution in [-0.2, 0) is 5.41 Å². The van der Waals surface area contributed by atoms with Crippen LogP contribution in [0.1, 0.15) is 22.3 Å². The highest BCUT2D eigenvalue weighted by molar-refractivity contribution is 6.04. The van der Waals surface area contributed by atoms with E-state index in [1.807, 2.05) is 0 Å². The summed E-state index contributed by atoms with van der Waals surface area (Å²) in [4.78, 5) is 4.88. The largest absolute Gasteiger partial charge is 0.310 e. The van der Waals surface area contributed by atoms with E-state index in [9.17, 15) is 0 Å². The summed E-state index contributed by atoms with van der Waals surface area (Å²) in [7, 11) is 0. The molecule has 0 bridgehead atoms. The number of fused-ring (bicyclic) bond motifs is 11. The van der Waals surface area contributed by atoms with Crippen LogP contribution in [0.15, 0.2) is 218 Å². The first-order valence-electron chi connectivity index (χ1n) is 19.0. The lowest BCUT2D eigenvalue weighted by molar-refractivity contribution is 0.794. The van der Waals surface area contributed by atoms with Gasteiger partial charge in [-0.25, -0.2) is 0 Å². The van der Waals surface area contributed by atoms with Gasteiger partial charge in [-0.2, -0.15) is 0 Å². The Bertz CT molecular complexity index is 2790. The molecule has 0 radical (unpaired) electrons. The maximum Gasteiger partial charge on any atom is 0.0746 e. The van der Waals surface area contributed by atoms with Gasteiger partial charge in [0.15, 0.2) is 0 Å². The van der Waals surface area contributed by atoms with Crippen molar-refractivity contribution >= 4 is 44.9 Å². The molecular formula is C53H36N2. The van der Waals surface area contributed by atoms with E-state index < -0.39 is 5.41 Å². The second-order valence-corrected chi connectivity index (χ2v) is 14.5. The number of para-hydroxylation sites is 4. The Kier molecular flexibility index (Phi) is 7.11. The molecule has 2 nitrogen and oxygen atoms in total. The van der Waals surface area contributed by atoms with Crippen molar-refractivity contribution in [3.63, 3.8) is 0 Å². The van der Waals surface area contributed by atoms with Crippen molar-refractivity contribution in [2.75, 3.05) is 9.80 Å². The molecule has 1 atom stereocenters. The number of hydrogen-bond donors (Lipinski definition) is 0. The van der Waals surface area contributed by atoms with Gasteiger partial charge in [0.25, 0.3) is 0 Å². The van der Waals surface area contributed by atoms with Crippen LogP contribution in [0.2, 0.25) is 0 Å². The van der Waals surface area contributed by atoms with Crippen LogP contribution < -0.4 is 9.80 Å². The van der Waals surface area contributed by atoms with E-state index in [1.165, 1.54) is 55.3 Å². The van der Waals surface area contributed by atoms with Crippen molar-refractivity contribution in [3.05, 3.63) is 241 Å². The number of hydrogen-bond acceptors (Lipinski definition) is 2. The Morgan fingerprint density at radius 3 is 1.22 bits per heavy atom. The normalized spacial score (nSPS) is 14.6. The highest BCUT2D eigenvalue weighted by Crippen LogP contribution is 2.66. The molecule has 1 spiro atoms. The Morgan fingerprint density at radius 1 is 0.273 bits per heavy atom. The van der Waals surface area contributed by atoms with E-state index in [4.69, 9.17) is 0 Å². The molecule has 0 saturated heterocycles. The minimum absolute atomic E-state index is 0.568. The lowest BCUT2D eigenvalue weighted by Crippen LogP contribution is -2.28. The second-order valence-electron chi connectivity index (χ2n) is 14.5. The number of benzene rings is 9. The quantitative estimate of drug-likeness (QED) is 0.170. The van der Waals surface area contributed by atoms with Gasteiger partial charge in [-0.05, 0) is 123 Å². The first kappa shape index (κ1) is 31.4. The van der Waals surface area contributed by atoms with Gasteiger partial charge in [0.05, 0.1) is 11.1 Å². The lowest BCUT2D eigenvalue weighted by Gasteiger charge is -2.37. The molecule has 0 amide bonds. The van der Waals surface area contributed by atoms with Crippen LogP contribution in [0.5, 0.6) is 0 Å². The van der Waals surface area contributed by atoms with Crippen LogP contribution in [-0.4, -0.2) is 0 Å². The average molecular weight is 701 g/mol. The molecule has 2 aliphatic rings. The molecule has 0 heterocycles. The zero-order valence-electron chi connectivity index (χ0n) is 30.2. The zero-order chi connectivity index (χ0) is 36.3. The van der Waals surface area contributed by atoms with Crippen LogP contribution >= 0.6 is 0 Å². The van der Waals surface area contributed by atoms with Gasteiger partial charge in [0.1, 0.15) is 0 Å². The predicted molar refractivity (Wildman–Crippen MR) is 230 cm³/mol. The Balaban J connectivity index is 1.32. The Hall–Kier alpha value is -7.16. The van der Waals surface area contributed by atoms with E-state index in [-0.39, 0.29) is 0 Å². The number of nitrogens with zero attached hydrogens (tertiary/aromatic N) is 2. The smallest absolute Gasteiger partial charge is 0.0746 e. The molecule has 55 heavy (non-hydrogen) atoms. The van der Waals surface area contributed by atoms with Gasteiger partial charge < -0.3 is 9.80 Å². The summed E-state index contributed by atoms with van der Waals surface area (Å²) in [5.41, 5.74) is 16.5. The number of rotatable bonds is 6. The van der Waals surface area contributed by atoms with E-state index in [0.29, 0.717) is 0 Å². The molecule has 11 rings (SSSR count). The molecule has 9 aromatic carbocycles. The molecule has 1 unspecified atom stereocenters. The SMILES string of the molecule is c1ccc(N(c2ccccc2)c2cc3c(c(N(c4ccccc4)c4ccccc4)c2)C2(c4ccccc4-c4cc5ccccc5cc42)c2ccccc2-3)cc1. The topological polar surface area (TPSA) is 6.48 Å². The van der Waals surface area contributed by atoms with Gasteiger partial charge in [0.2, 0.25) is 0 Å². The monoisotopic (exact) mass is 700 g/mol. The summed E-state index contributed by atoms with van der Waals surface area (Å²) in [5, 5.41) is 2.51. The standard InChI is InChI=1S/C53H36N2/c1-5-21-39(22-6-1)54(40-23-7-2-8-24-40)43-35-47-45-30-16-18-32-49(45)53(48-31-17-15-29-44(48)46-33-37-19-13-14-20-38(37)34-50(46)53)52(47)51(36-43)55(41-25-9-3-10-26-41)42-27-11-4-12-28-42/h1-36H. The summed E-state index contributed by atoms with van der Waals surface area (Å²) < 4.78 is 0. The fourth-order valence-electron chi connectivity index (χ4n) is 9.41. The maximum atomic E-state index is 2.48. The fraction of sp³-hybridized carbons (Fsp3) is 0.0189. The van der Waals surface area contributed by atoms with Crippen LogP contribution in [0.4, 0.5) is 34.1 Å². The van der Waals surface area contributed by atoms with Crippen LogP contribution in [0.25, 0.3) is 33.0 Å². The van der Waals surface area contributed by atoms with Crippen molar-refractivity contribution in [1.29, 1.82) is 0 Å². The third kappa shape index (κ3) is 4.68. The van der Waals surface area contributed by atoms with Crippen molar-refractivity contribution in [2.24, 2.45) is 0 Å². The molecule has 258 valence electrons. The summed E-state index contributed by atoms with van der Waals surface area (Å²) in [6.07, 6.45) is 0. The van der Waals surface area contributed by atoms with Crippen molar-refractivity contribution < 1.29 is 0 Å². The van der Waals surface area contributed by atoms with Gasteiger partial charge in [-0.15, -0.1) is 0 Å². The average Bonchev–Trinajstić information content (AvgIpc) is 3.71. The molecule has 2 aliphatic carbocycles. The molecule has 0 aliphatic heterocycles. The molecule has 9 aromatic rings. The molecule has 2 heteroatoms. The summed E-state index contributed by atoms with van der Waals surface area (Å²) in [5.74, 6) is 0. The predicted octanol–water partition coefficient (Wildman–Crippen LogP) is 14.1. The molecule has 0 fully saturated rings. The number of anilines is 6. The highest BCUT2D eigenvalue weighted by atomic mass is 15.2. The van der Waals surface area contributed by atoms with Gasteiger partial charge in [0, 0.05) is 34.0 Å². The molecule has 0 N–H and O–H groups in total. The molecule has 0 saturated carbocycles. The lowest BCUT2D eigenvalue weighted by atomic mass is 9.69. The zero-order valence-corrected chi connectivity index (χ0v) is 30.2. The first-order valence-corrected chi connectivity index (χ1v) is 19.0. The summed E-state index contributed by atoms with van der Waals surface area (Å²) >= 11 is 0. The minimum Gasteiger partial charge on any atom is -0.310 e. The maximum absolute atomic E-state index is 2.48.